The second-order valence-corrected chi connectivity index (χ2v) is 7.53. The molecule has 1 atom stereocenters. The van der Waals surface area contributed by atoms with E-state index < -0.39 is 0 Å². The van der Waals surface area contributed by atoms with E-state index in [0.29, 0.717) is 12.6 Å². The van der Waals surface area contributed by atoms with Crippen molar-refractivity contribution in [1.82, 2.24) is 15.1 Å². The van der Waals surface area contributed by atoms with Crippen molar-refractivity contribution in [2.75, 3.05) is 18.0 Å². The highest BCUT2D eigenvalue weighted by atomic mass is 79.9. The van der Waals surface area contributed by atoms with Crippen molar-refractivity contribution in [2.24, 2.45) is 0 Å². The van der Waals surface area contributed by atoms with Crippen molar-refractivity contribution in [3.63, 3.8) is 0 Å². The maximum absolute atomic E-state index is 12.0. The molecule has 0 saturated carbocycles. The van der Waals surface area contributed by atoms with Crippen LogP contribution in [0.25, 0.3) is 0 Å². The molecule has 1 saturated heterocycles. The van der Waals surface area contributed by atoms with E-state index in [2.05, 4.69) is 31.2 Å². The fourth-order valence-electron chi connectivity index (χ4n) is 3.26. The zero-order valence-electron chi connectivity index (χ0n) is 14.7. The average Bonchev–Trinajstić information content (AvgIpc) is 3.01. The van der Waals surface area contributed by atoms with Gasteiger partial charge in [0.25, 0.3) is 5.56 Å². The summed E-state index contributed by atoms with van der Waals surface area (Å²) in [6.45, 7) is 6.50. The number of rotatable bonds is 6. The molecular formula is C18H25BrN4O2. The predicted molar refractivity (Wildman–Crippen MR) is 102 cm³/mol. The van der Waals surface area contributed by atoms with Crippen molar-refractivity contribution in [2.45, 2.75) is 51.7 Å². The molecule has 136 valence electrons. The van der Waals surface area contributed by atoms with Crippen LogP contribution in [-0.4, -0.2) is 28.9 Å². The molecule has 0 radical (unpaired) electrons. The Hall–Kier alpha value is -1.60. The van der Waals surface area contributed by atoms with Crippen LogP contribution in [0.3, 0.4) is 0 Å². The standard InChI is InChI=1S/C18H25BrN4O2/c1-13(2)23-18(24)9-8-17(21-23)22-10-4-3-5-14(22)11-20-12-15-6-7-16(19)25-15/h6-9,13-14,20H,3-5,10-12H2,1-2H3. The Morgan fingerprint density at radius 2 is 2.16 bits per heavy atom. The normalized spacial score (nSPS) is 18.1. The summed E-state index contributed by atoms with van der Waals surface area (Å²) in [5.41, 5.74) is -0.0474. The molecule has 1 aliphatic rings. The third kappa shape index (κ3) is 4.52. The smallest absolute Gasteiger partial charge is 0.267 e. The van der Waals surface area contributed by atoms with Gasteiger partial charge in [0.05, 0.1) is 12.6 Å². The number of halogens is 1. The molecule has 6 nitrogen and oxygen atoms in total. The number of furan rings is 1. The molecule has 1 aliphatic heterocycles. The first-order chi connectivity index (χ1) is 12.0. The highest BCUT2D eigenvalue weighted by molar-refractivity contribution is 9.10. The topological polar surface area (TPSA) is 63.3 Å². The van der Waals surface area contributed by atoms with Gasteiger partial charge in [-0.05, 0) is 67.2 Å². The van der Waals surface area contributed by atoms with Crippen LogP contribution in [0.1, 0.15) is 44.9 Å². The molecule has 0 spiro atoms. The van der Waals surface area contributed by atoms with Gasteiger partial charge in [-0.3, -0.25) is 4.79 Å². The molecule has 1 unspecified atom stereocenters. The third-order valence-electron chi connectivity index (χ3n) is 4.53. The number of nitrogens with one attached hydrogen (secondary N) is 1. The van der Waals surface area contributed by atoms with Gasteiger partial charge in [0.2, 0.25) is 0 Å². The Morgan fingerprint density at radius 3 is 2.88 bits per heavy atom. The minimum absolute atomic E-state index is 0.0474. The number of piperidine rings is 1. The molecule has 2 aromatic rings. The molecule has 0 aromatic carbocycles. The minimum atomic E-state index is -0.0474. The van der Waals surface area contributed by atoms with Gasteiger partial charge in [0, 0.05) is 25.2 Å². The molecule has 25 heavy (non-hydrogen) atoms. The van der Waals surface area contributed by atoms with Crippen LogP contribution in [0.4, 0.5) is 5.82 Å². The fraction of sp³-hybridized carbons (Fsp3) is 0.556. The highest BCUT2D eigenvalue weighted by Crippen LogP contribution is 2.22. The molecule has 3 heterocycles. The minimum Gasteiger partial charge on any atom is -0.453 e. The van der Waals surface area contributed by atoms with Gasteiger partial charge in [-0.1, -0.05) is 0 Å². The Morgan fingerprint density at radius 1 is 1.32 bits per heavy atom. The quantitative estimate of drug-likeness (QED) is 0.793. The van der Waals surface area contributed by atoms with Crippen LogP contribution in [0.2, 0.25) is 0 Å². The molecule has 3 rings (SSSR count). The maximum Gasteiger partial charge on any atom is 0.267 e. The van der Waals surface area contributed by atoms with Gasteiger partial charge < -0.3 is 14.6 Å². The Balaban J connectivity index is 1.68. The van der Waals surface area contributed by atoms with E-state index in [0.717, 1.165) is 42.2 Å². The van der Waals surface area contributed by atoms with E-state index in [1.54, 1.807) is 10.7 Å². The SMILES string of the molecule is CC(C)n1nc(N2CCCCC2CNCc2ccc(Br)o2)ccc1=O. The molecule has 2 aromatic heterocycles. The summed E-state index contributed by atoms with van der Waals surface area (Å²) in [6, 6.07) is 7.79. The highest BCUT2D eigenvalue weighted by Gasteiger charge is 2.24. The van der Waals surface area contributed by atoms with E-state index in [1.165, 1.54) is 6.42 Å². The average molecular weight is 409 g/mol. The van der Waals surface area contributed by atoms with Crippen LogP contribution in [0.5, 0.6) is 0 Å². The molecule has 0 amide bonds. The number of nitrogens with zero attached hydrogens (tertiary/aromatic N) is 3. The summed E-state index contributed by atoms with van der Waals surface area (Å²) in [6.07, 6.45) is 3.50. The van der Waals surface area contributed by atoms with E-state index in [4.69, 9.17) is 4.42 Å². The lowest BCUT2D eigenvalue weighted by molar-refractivity contribution is 0.407. The summed E-state index contributed by atoms with van der Waals surface area (Å²) in [4.78, 5) is 14.3. The first kappa shape index (κ1) is 18.2. The molecule has 0 aliphatic carbocycles. The molecule has 7 heteroatoms. The van der Waals surface area contributed by atoms with Crippen LogP contribution in [-0.2, 0) is 6.54 Å². The van der Waals surface area contributed by atoms with Crippen LogP contribution in [0, 0.1) is 0 Å². The summed E-state index contributed by atoms with van der Waals surface area (Å²) in [7, 11) is 0. The predicted octanol–water partition coefficient (Wildman–Crippen LogP) is 3.33. The van der Waals surface area contributed by atoms with E-state index in [9.17, 15) is 4.79 Å². The van der Waals surface area contributed by atoms with Gasteiger partial charge in [0.15, 0.2) is 4.67 Å². The van der Waals surface area contributed by atoms with E-state index in [1.807, 2.05) is 32.0 Å². The lowest BCUT2D eigenvalue weighted by Crippen LogP contribution is -2.46. The van der Waals surface area contributed by atoms with Gasteiger partial charge in [-0.25, -0.2) is 4.68 Å². The van der Waals surface area contributed by atoms with Crippen molar-refractivity contribution >= 4 is 21.7 Å². The van der Waals surface area contributed by atoms with Crippen LogP contribution in [0.15, 0.2) is 38.1 Å². The summed E-state index contributed by atoms with van der Waals surface area (Å²) in [5, 5.41) is 8.07. The van der Waals surface area contributed by atoms with Crippen molar-refractivity contribution < 1.29 is 4.42 Å². The maximum atomic E-state index is 12.0. The van der Waals surface area contributed by atoms with E-state index >= 15 is 0 Å². The Labute approximate surface area is 156 Å². The second kappa shape index (κ2) is 8.19. The zero-order chi connectivity index (χ0) is 17.8. The second-order valence-electron chi connectivity index (χ2n) is 6.75. The molecule has 1 N–H and O–H groups in total. The summed E-state index contributed by atoms with van der Waals surface area (Å²) >= 11 is 3.33. The number of aromatic nitrogens is 2. The Bertz CT molecular complexity index is 756. The Kier molecular flexibility index (Phi) is 5.96. The van der Waals surface area contributed by atoms with Crippen molar-refractivity contribution in [3.05, 3.63) is 45.0 Å². The number of hydrogen-bond donors (Lipinski definition) is 1. The van der Waals surface area contributed by atoms with E-state index in [-0.39, 0.29) is 11.6 Å². The molecular weight excluding hydrogens is 384 g/mol. The van der Waals surface area contributed by atoms with Crippen LogP contribution < -0.4 is 15.8 Å². The zero-order valence-corrected chi connectivity index (χ0v) is 16.3. The van der Waals surface area contributed by atoms with Gasteiger partial charge in [0.1, 0.15) is 11.6 Å². The fourth-order valence-corrected chi connectivity index (χ4v) is 3.60. The summed E-state index contributed by atoms with van der Waals surface area (Å²) < 4.78 is 7.85. The lowest BCUT2D eigenvalue weighted by Gasteiger charge is -2.37. The van der Waals surface area contributed by atoms with Crippen LogP contribution >= 0.6 is 15.9 Å². The monoisotopic (exact) mass is 408 g/mol. The van der Waals surface area contributed by atoms with Gasteiger partial charge in [-0.15, -0.1) is 0 Å². The first-order valence-electron chi connectivity index (χ1n) is 8.86. The van der Waals surface area contributed by atoms with Crippen molar-refractivity contribution in [1.29, 1.82) is 0 Å². The molecule has 0 bridgehead atoms. The van der Waals surface area contributed by atoms with Gasteiger partial charge in [-0.2, -0.15) is 5.10 Å². The largest absolute Gasteiger partial charge is 0.453 e. The van der Waals surface area contributed by atoms with Gasteiger partial charge >= 0.3 is 0 Å². The number of hydrogen-bond acceptors (Lipinski definition) is 5. The number of anilines is 1. The third-order valence-corrected chi connectivity index (χ3v) is 4.96. The first-order valence-corrected chi connectivity index (χ1v) is 9.65. The molecule has 1 fully saturated rings. The summed E-state index contributed by atoms with van der Waals surface area (Å²) in [5.74, 6) is 1.81. The lowest BCUT2D eigenvalue weighted by atomic mass is 10.0. The van der Waals surface area contributed by atoms with Crippen molar-refractivity contribution in [3.8, 4) is 0 Å².